The Morgan fingerprint density at radius 3 is 2.46 bits per heavy atom. The van der Waals surface area contributed by atoms with E-state index in [1.807, 2.05) is 0 Å². The van der Waals surface area contributed by atoms with Crippen LogP contribution in [-0.2, 0) is 0 Å². The molecule has 2 nitrogen and oxygen atoms in total. The second-order valence-electron chi connectivity index (χ2n) is 5.13. The Bertz CT molecular complexity index is 185. The molecule has 0 spiro atoms. The second kappa shape index (κ2) is 3.25. The highest BCUT2D eigenvalue weighted by Gasteiger charge is 2.47. The van der Waals surface area contributed by atoms with E-state index in [9.17, 15) is 0 Å². The van der Waals surface area contributed by atoms with Gasteiger partial charge in [0, 0.05) is 18.1 Å². The summed E-state index contributed by atoms with van der Waals surface area (Å²) in [5.74, 6) is 0.899. The van der Waals surface area contributed by atoms with Gasteiger partial charge in [-0.2, -0.15) is 0 Å². The van der Waals surface area contributed by atoms with E-state index in [4.69, 9.17) is 5.73 Å². The van der Waals surface area contributed by atoms with Gasteiger partial charge >= 0.3 is 0 Å². The summed E-state index contributed by atoms with van der Waals surface area (Å²) in [6.45, 7) is 6.84. The van der Waals surface area contributed by atoms with Crippen LogP contribution in [0.1, 0.15) is 39.5 Å². The fraction of sp³-hybridized carbons (Fsp3) is 1.00. The smallest absolute Gasteiger partial charge is 0.0339 e. The SMILES string of the molecule is CC1CC(CN)(N2CCCC2C)C1. The molecule has 2 aliphatic rings. The van der Waals surface area contributed by atoms with Crippen molar-refractivity contribution in [3.05, 3.63) is 0 Å². The molecular weight excluding hydrogens is 160 g/mol. The van der Waals surface area contributed by atoms with Crippen LogP contribution in [0.15, 0.2) is 0 Å². The van der Waals surface area contributed by atoms with Gasteiger partial charge in [-0.05, 0) is 45.1 Å². The molecule has 0 radical (unpaired) electrons. The third-order valence-corrected chi connectivity index (χ3v) is 4.00. The van der Waals surface area contributed by atoms with Gasteiger partial charge < -0.3 is 5.73 Å². The third kappa shape index (κ3) is 1.40. The van der Waals surface area contributed by atoms with Gasteiger partial charge in [-0.1, -0.05) is 6.92 Å². The number of hydrogen-bond donors (Lipinski definition) is 1. The van der Waals surface area contributed by atoms with Crippen LogP contribution >= 0.6 is 0 Å². The third-order valence-electron chi connectivity index (χ3n) is 4.00. The first-order chi connectivity index (χ1) is 6.18. The molecule has 2 N–H and O–H groups in total. The number of hydrogen-bond acceptors (Lipinski definition) is 2. The first kappa shape index (κ1) is 9.47. The van der Waals surface area contributed by atoms with Crippen molar-refractivity contribution in [1.29, 1.82) is 0 Å². The van der Waals surface area contributed by atoms with Crippen LogP contribution in [0.3, 0.4) is 0 Å². The lowest BCUT2D eigenvalue weighted by Crippen LogP contribution is -2.62. The predicted octanol–water partition coefficient (Wildman–Crippen LogP) is 1.60. The van der Waals surface area contributed by atoms with Crippen LogP contribution in [-0.4, -0.2) is 29.6 Å². The van der Waals surface area contributed by atoms with Crippen LogP contribution < -0.4 is 5.73 Å². The highest BCUT2D eigenvalue weighted by Crippen LogP contribution is 2.44. The topological polar surface area (TPSA) is 29.3 Å². The average molecular weight is 182 g/mol. The van der Waals surface area contributed by atoms with E-state index in [0.29, 0.717) is 5.54 Å². The lowest BCUT2D eigenvalue weighted by molar-refractivity contribution is -0.0172. The van der Waals surface area contributed by atoms with Crippen LogP contribution in [0, 0.1) is 5.92 Å². The highest BCUT2D eigenvalue weighted by atomic mass is 15.3. The Morgan fingerprint density at radius 2 is 2.08 bits per heavy atom. The molecule has 0 aromatic carbocycles. The molecule has 1 aliphatic heterocycles. The lowest BCUT2D eigenvalue weighted by Gasteiger charge is -2.53. The molecule has 0 bridgehead atoms. The van der Waals surface area contributed by atoms with Crippen LogP contribution in [0.4, 0.5) is 0 Å². The van der Waals surface area contributed by atoms with E-state index >= 15 is 0 Å². The summed E-state index contributed by atoms with van der Waals surface area (Å²) in [4.78, 5) is 2.67. The summed E-state index contributed by atoms with van der Waals surface area (Å²) in [6.07, 6.45) is 5.40. The van der Waals surface area contributed by atoms with E-state index in [2.05, 4.69) is 18.7 Å². The summed E-state index contributed by atoms with van der Waals surface area (Å²) in [6, 6.07) is 0.774. The summed E-state index contributed by atoms with van der Waals surface area (Å²) in [5.41, 5.74) is 6.33. The van der Waals surface area contributed by atoms with Crippen molar-refractivity contribution in [2.24, 2.45) is 11.7 Å². The van der Waals surface area contributed by atoms with Gasteiger partial charge in [-0.3, -0.25) is 4.90 Å². The van der Waals surface area contributed by atoms with E-state index < -0.39 is 0 Å². The Morgan fingerprint density at radius 1 is 1.38 bits per heavy atom. The lowest BCUT2D eigenvalue weighted by atomic mass is 9.68. The fourth-order valence-electron chi connectivity index (χ4n) is 3.39. The molecule has 1 atom stereocenters. The zero-order valence-corrected chi connectivity index (χ0v) is 8.92. The largest absolute Gasteiger partial charge is 0.329 e. The molecule has 2 fully saturated rings. The molecule has 2 rings (SSSR count). The molecule has 1 saturated heterocycles. The normalized spacial score (nSPS) is 46.4. The van der Waals surface area contributed by atoms with Crippen LogP contribution in [0.5, 0.6) is 0 Å². The standard InChI is InChI=1S/C11H22N2/c1-9-6-11(7-9,8-12)13-5-3-4-10(13)2/h9-10H,3-8,12H2,1-2H3. The number of nitrogens with two attached hydrogens (primary N) is 1. The minimum absolute atomic E-state index is 0.398. The van der Waals surface area contributed by atoms with Crippen molar-refractivity contribution < 1.29 is 0 Å². The quantitative estimate of drug-likeness (QED) is 0.703. The molecule has 1 saturated carbocycles. The zero-order valence-electron chi connectivity index (χ0n) is 8.92. The molecule has 0 aromatic rings. The first-order valence-corrected chi connectivity index (χ1v) is 5.65. The number of rotatable bonds is 2. The monoisotopic (exact) mass is 182 g/mol. The summed E-state index contributed by atoms with van der Waals surface area (Å²) in [7, 11) is 0. The summed E-state index contributed by atoms with van der Waals surface area (Å²) in [5, 5.41) is 0. The van der Waals surface area contributed by atoms with Gasteiger partial charge in [0.25, 0.3) is 0 Å². The summed E-state index contributed by atoms with van der Waals surface area (Å²) < 4.78 is 0. The second-order valence-corrected chi connectivity index (χ2v) is 5.13. The van der Waals surface area contributed by atoms with Gasteiger partial charge in [-0.15, -0.1) is 0 Å². The molecule has 76 valence electrons. The molecule has 0 aromatic heterocycles. The van der Waals surface area contributed by atoms with Crippen molar-refractivity contribution in [3.63, 3.8) is 0 Å². The van der Waals surface area contributed by atoms with Crippen molar-refractivity contribution in [3.8, 4) is 0 Å². The fourth-order valence-corrected chi connectivity index (χ4v) is 3.39. The molecule has 13 heavy (non-hydrogen) atoms. The predicted molar refractivity (Wildman–Crippen MR) is 55.6 cm³/mol. The van der Waals surface area contributed by atoms with Crippen LogP contribution in [0.2, 0.25) is 0 Å². The molecule has 1 unspecified atom stereocenters. The van der Waals surface area contributed by atoms with E-state index in [-0.39, 0.29) is 0 Å². The van der Waals surface area contributed by atoms with Crippen molar-refractivity contribution in [1.82, 2.24) is 4.90 Å². The molecular formula is C11H22N2. The Kier molecular flexibility index (Phi) is 2.37. The van der Waals surface area contributed by atoms with Crippen molar-refractivity contribution in [2.75, 3.05) is 13.1 Å². The molecule has 1 heterocycles. The molecule has 0 amide bonds. The van der Waals surface area contributed by atoms with Gasteiger partial charge in [0.05, 0.1) is 0 Å². The van der Waals surface area contributed by atoms with Crippen molar-refractivity contribution >= 4 is 0 Å². The minimum Gasteiger partial charge on any atom is -0.329 e. The van der Waals surface area contributed by atoms with Crippen molar-refractivity contribution in [2.45, 2.75) is 51.1 Å². The summed E-state index contributed by atoms with van der Waals surface area (Å²) >= 11 is 0. The van der Waals surface area contributed by atoms with Gasteiger partial charge in [0.2, 0.25) is 0 Å². The Balaban J connectivity index is 2.04. The van der Waals surface area contributed by atoms with E-state index in [1.54, 1.807) is 0 Å². The van der Waals surface area contributed by atoms with Gasteiger partial charge in [0.15, 0.2) is 0 Å². The minimum atomic E-state index is 0.398. The van der Waals surface area contributed by atoms with Gasteiger partial charge in [-0.25, -0.2) is 0 Å². The number of nitrogens with zero attached hydrogens (tertiary/aromatic N) is 1. The Labute approximate surface area is 81.5 Å². The maximum atomic E-state index is 5.93. The maximum Gasteiger partial charge on any atom is 0.0339 e. The maximum absolute atomic E-state index is 5.93. The molecule has 1 aliphatic carbocycles. The highest BCUT2D eigenvalue weighted by molar-refractivity contribution is 5.04. The first-order valence-electron chi connectivity index (χ1n) is 5.65. The van der Waals surface area contributed by atoms with Gasteiger partial charge in [0.1, 0.15) is 0 Å². The zero-order chi connectivity index (χ0) is 9.47. The van der Waals surface area contributed by atoms with Crippen LogP contribution in [0.25, 0.3) is 0 Å². The number of likely N-dealkylation sites (tertiary alicyclic amines) is 1. The average Bonchev–Trinajstić information content (AvgIpc) is 2.46. The van der Waals surface area contributed by atoms with E-state index in [0.717, 1.165) is 18.5 Å². The molecule has 2 heteroatoms. The van der Waals surface area contributed by atoms with E-state index in [1.165, 1.54) is 32.2 Å². The Hall–Kier alpha value is -0.0800.